The maximum absolute atomic E-state index is 13.1. The number of benzene rings is 1. The molecule has 1 aromatic carbocycles. The van der Waals surface area contributed by atoms with Crippen molar-refractivity contribution < 1.29 is 14.3 Å². The Hall–Kier alpha value is -1.21. The Bertz CT molecular complexity index is 578. The molecule has 2 atom stereocenters. The first-order valence-electron chi connectivity index (χ1n) is 7.89. The molecule has 2 N–H and O–H groups in total. The third kappa shape index (κ3) is 4.01. The van der Waals surface area contributed by atoms with Gasteiger partial charge >= 0.3 is 0 Å². The number of halogens is 2. The smallest absolute Gasteiger partial charge is 0.239 e. The highest BCUT2D eigenvalue weighted by Gasteiger charge is 2.32. The normalized spacial score (nSPS) is 25.8. The molecule has 2 heterocycles. The van der Waals surface area contributed by atoms with E-state index in [1.165, 1.54) is 12.1 Å². The van der Waals surface area contributed by atoms with Crippen molar-refractivity contribution >= 4 is 17.5 Å². The number of aliphatic hydroxyl groups is 1. The first kappa shape index (κ1) is 16.6. The summed E-state index contributed by atoms with van der Waals surface area (Å²) in [6.07, 6.45) is 0.0652. The zero-order valence-electron chi connectivity index (χ0n) is 12.8. The van der Waals surface area contributed by atoms with Gasteiger partial charge in [-0.15, -0.1) is 0 Å². The standard InChI is InChI=1S/C16H21ClFN3O2/c17-14-7-12(18)2-1-11(14)10-20-3-5-21(6-4-20)16(23)15-8-13(22)9-19-15/h1-2,7,13,15,19,22H,3-6,8-10H2. The summed E-state index contributed by atoms with van der Waals surface area (Å²) in [5.41, 5.74) is 0.897. The highest BCUT2D eigenvalue weighted by Crippen LogP contribution is 2.20. The lowest BCUT2D eigenvalue weighted by Gasteiger charge is -2.36. The number of carbonyl (C=O) groups is 1. The van der Waals surface area contributed by atoms with Crippen LogP contribution in [0.3, 0.4) is 0 Å². The third-order valence-electron chi connectivity index (χ3n) is 4.50. The van der Waals surface area contributed by atoms with Crippen molar-refractivity contribution in [1.29, 1.82) is 0 Å². The lowest BCUT2D eigenvalue weighted by Crippen LogP contribution is -2.52. The van der Waals surface area contributed by atoms with Gasteiger partial charge in [0.25, 0.3) is 0 Å². The van der Waals surface area contributed by atoms with Gasteiger partial charge in [0, 0.05) is 44.3 Å². The van der Waals surface area contributed by atoms with Crippen molar-refractivity contribution in [2.24, 2.45) is 0 Å². The van der Waals surface area contributed by atoms with E-state index in [-0.39, 0.29) is 17.8 Å². The van der Waals surface area contributed by atoms with Crippen molar-refractivity contribution in [2.75, 3.05) is 32.7 Å². The Morgan fingerprint density at radius 1 is 1.35 bits per heavy atom. The first-order valence-corrected chi connectivity index (χ1v) is 8.27. The lowest BCUT2D eigenvalue weighted by molar-refractivity contribution is -0.135. The molecule has 0 spiro atoms. The summed E-state index contributed by atoms with van der Waals surface area (Å²) in [4.78, 5) is 16.4. The van der Waals surface area contributed by atoms with Crippen LogP contribution in [0.25, 0.3) is 0 Å². The molecule has 1 amide bonds. The van der Waals surface area contributed by atoms with Crippen LogP contribution in [0.1, 0.15) is 12.0 Å². The van der Waals surface area contributed by atoms with Crippen LogP contribution in [0.4, 0.5) is 4.39 Å². The molecule has 0 aromatic heterocycles. The van der Waals surface area contributed by atoms with E-state index >= 15 is 0 Å². The van der Waals surface area contributed by atoms with Gasteiger partial charge in [-0.1, -0.05) is 17.7 Å². The summed E-state index contributed by atoms with van der Waals surface area (Å²) >= 11 is 6.06. The molecule has 5 nitrogen and oxygen atoms in total. The summed E-state index contributed by atoms with van der Waals surface area (Å²) in [5, 5.41) is 13.0. The van der Waals surface area contributed by atoms with Crippen LogP contribution in [-0.4, -0.2) is 65.7 Å². The van der Waals surface area contributed by atoms with Gasteiger partial charge in [-0.05, 0) is 24.1 Å². The topological polar surface area (TPSA) is 55.8 Å². The van der Waals surface area contributed by atoms with Crippen molar-refractivity contribution in [1.82, 2.24) is 15.1 Å². The molecule has 3 rings (SSSR count). The Morgan fingerprint density at radius 2 is 2.09 bits per heavy atom. The van der Waals surface area contributed by atoms with E-state index in [1.54, 1.807) is 6.07 Å². The predicted octanol–water partition coefficient (Wildman–Crippen LogP) is 0.846. The summed E-state index contributed by atoms with van der Waals surface area (Å²) < 4.78 is 13.1. The lowest BCUT2D eigenvalue weighted by atomic mass is 10.1. The van der Waals surface area contributed by atoms with Crippen molar-refractivity contribution in [3.63, 3.8) is 0 Å². The van der Waals surface area contributed by atoms with Crippen molar-refractivity contribution in [3.05, 3.63) is 34.6 Å². The Morgan fingerprint density at radius 3 is 2.70 bits per heavy atom. The number of rotatable bonds is 3. The molecule has 2 aliphatic heterocycles. The molecule has 0 bridgehead atoms. The van der Waals surface area contributed by atoms with Crippen LogP contribution in [0.15, 0.2) is 18.2 Å². The van der Waals surface area contributed by atoms with Gasteiger partial charge < -0.3 is 15.3 Å². The Balaban J connectivity index is 1.51. The second-order valence-electron chi connectivity index (χ2n) is 6.19. The molecule has 126 valence electrons. The molecule has 2 saturated heterocycles. The monoisotopic (exact) mass is 341 g/mol. The first-order chi connectivity index (χ1) is 11.0. The zero-order chi connectivity index (χ0) is 16.4. The van der Waals surface area contributed by atoms with Gasteiger partial charge in [0.2, 0.25) is 5.91 Å². The Labute approximate surface area is 140 Å². The maximum Gasteiger partial charge on any atom is 0.239 e. The molecular weight excluding hydrogens is 321 g/mol. The number of piperazine rings is 1. The van der Waals surface area contributed by atoms with E-state index in [9.17, 15) is 14.3 Å². The molecule has 7 heteroatoms. The number of hydrogen-bond donors (Lipinski definition) is 2. The summed E-state index contributed by atoms with van der Waals surface area (Å²) in [5.74, 6) is -0.263. The van der Waals surface area contributed by atoms with Crippen LogP contribution in [0.2, 0.25) is 5.02 Å². The molecule has 2 aliphatic rings. The number of carbonyl (C=O) groups excluding carboxylic acids is 1. The molecule has 2 fully saturated rings. The van der Waals surface area contributed by atoms with Gasteiger partial charge in [0.05, 0.1) is 12.1 Å². The van der Waals surface area contributed by atoms with Crippen molar-refractivity contribution in [2.45, 2.75) is 25.1 Å². The van der Waals surface area contributed by atoms with Crippen LogP contribution < -0.4 is 5.32 Å². The summed E-state index contributed by atoms with van der Waals surface area (Å²) in [6.45, 7) is 3.97. The number of hydrogen-bond acceptors (Lipinski definition) is 4. The number of nitrogens with zero attached hydrogens (tertiary/aromatic N) is 2. The van der Waals surface area contributed by atoms with E-state index in [0.29, 0.717) is 37.6 Å². The highest BCUT2D eigenvalue weighted by atomic mass is 35.5. The third-order valence-corrected chi connectivity index (χ3v) is 4.85. The number of β-amino-alcohol motifs (C(OH)–C–C–N with tert-alkyl or cyclic N) is 1. The van der Waals surface area contributed by atoms with Crippen LogP contribution in [0.5, 0.6) is 0 Å². The largest absolute Gasteiger partial charge is 0.392 e. The van der Waals surface area contributed by atoms with E-state index in [0.717, 1.165) is 18.7 Å². The molecule has 0 radical (unpaired) electrons. The quantitative estimate of drug-likeness (QED) is 0.855. The fraction of sp³-hybridized carbons (Fsp3) is 0.562. The number of aliphatic hydroxyl groups excluding tert-OH is 1. The Kier molecular flexibility index (Phi) is 5.16. The van der Waals surface area contributed by atoms with Gasteiger partial charge in [-0.3, -0.25) is 9.69 Å². The van der Waals surface area contributed by atoms with Gasteiger partial charge in [0.1, 0.15) is 5.82 Å². The van der Waals surface area contributed by atoms with Gasteiger partial charge in [-0.25, -0.2) is 4.39 Å². The van der Waals surface area contributed by atoms with Gasteiger partial charge in [-0.2, -0.15) is 0 Å². The minimum Gasteiger partial charge on any atom is -0.392 e. The molecule has 0 aliphatic carbocycles. The molecular formula is C16H21ClFN3O2. The van der Waals surface area contributed by atoms with Crippen LogP contribution >= 0.6 is 11.6 Å². The number of amides is 1. The second kappa shape index (κ2) is 7.13. The van der Waals surface area contributed by atoms with Crippen LogP contribution in [-0.2, 0) is 11.3 Å². The zero-order valence-corrected chi connectivity index (χ0v) is 13.6. The average Bonchev–Trinajstić information content (AvgIpc) is 2.97. The predicted molar refractivity (Wildman–Crippen MR) is 85.7 cm³/mol. The number of nitrogens with one attached hydrogen (secondary N) is 1. The SMILES string of the molecule is O=C(C1CC(O)CN1)N1CCN(Cc2ccc(F)cc2Cl)CC1. The summed E-state index contributed by atoms with van der Waals surface area (Å²) in [7, 11) is 0. The minimum atomic E-state index is -0.425. The minimum absolute atomic E-state index is 0.0704. The second-order valence-corrected chi connectivity index (χ2v) is 6.59. The summed E-state index contributed by atoms with van der Waals surface area (Å²) in [6, 6.07) is 4.19. The maximum atomic E-state index is 13.1. The van der Waals surface area contributed by atoms with Gasteiger partial charge in [0.15, 0.2) is 0 Å². The molecule has 0 saturated carbocycles. The molecule has 1 aromatic rings. The molecule has 2 unspecified atom stereocenters. The highest BCUT2D eigenvalue weighted by molar-refractivity contribution is 6.31. The fourth-order valence-corrected chi connectivity index (χ4v) is 3.37. The fourth-order valence-electron chi connectivity index (χ4n) is 3.14. The van der Waals surface area contributed by atoms with Crippen molar-refractivity contribution in [3.8, 4) is 0 Å². The van der Waals surface area contributed by atoms with E-state index < -0.39 is 6.10 Å². The van der Waals surface area contributed by atoms with E-state index in [2.05, 4.69) is 10.2 Å². The van der Waals surface area contributed by atoms with E-state index in [1.807, 2.05) is 4.90 Å². The van der Waals surface area contributed by atoms with Crippen LogP contribution in [0, 0.1) is 5.82 Å². The molecule has 23 heavy (non-hydrogen) atoms. The average molecular weight is 342 g/mol. The van der Waals surface area contributed by atoms with E-state index in [4.69, 9.17) is 11.6 Å².